The molecule has 1 unspecified atom stereocenters. The Morgan fingerprint density at radius 3 is 2.50 bits per heavy atom. The molecule has 2 aliphatic rings. The van der Waals surface area contributed by atoms with Crippen molar-refractivity contribution >= 4 is 12.7 Å². The molecule has 1 atom stereocenters. The molecule has 3 heterocycles. The molecular formula is C13H21BN2O4. The molecular weight excluding hydrogens is 259 g/mol. The maximum absolute atomic E-state index is 5.98. The molecule has 0 radical (unpaired) electrons. The van der Waals surface area contributed by atoms with Crippen molar-refractivity contribution in [3.63, 3.8) is 0 Å². The lowest BCUT2D eigenvalue weighted by atomic mass is 9.85. The van der Waals surface area contributed by atoms with Crippen LogP contribution >= 0.6 is 0 Å². The quantitative estimate of drug-likeness (QED) is 0.747. The van der Waals surface area contributed by atoms with Crippen molar-refractivity contribution in [3.8, 4) is 0 Å². The molecule has 0 amide bonds. The molecule has 7 heteroatoms. The fraction of sp³-hybridized carbons (Fsp3) is 0.769. The van der Waals surface area contributed by atoms with E-state index in [9.17, 15) is 0 Å². The summed E-state index contributed by atoms with van der Waals surface area (Å²) in [5.41, 5.74) is 0.0514. The fourth-order valence-corrected chi connectivity index (χ4v) is 2.23. The summed E-state index contributed by atoms with van der Waals surface area (Å²) in [6, 6.07) is 1.90. The van der Waals surface area contributed by atoms with E-state index < -0.39 is 7.12 Å². The second-order valence-corrected chi connectivity index (χ2v) is 6.21. The zero-order chi connectivity index (χ0) is 14.4. The van der Waals surface area contributed by atoms with Crippen molar-refractivity contribution in [2.24, 2.45) is 0 Å². The SMILES string of the molecule is CC1(C)OB(c2ccn(C3COCCO3)n2)OC1(C)C. The second-order valence-electron chi connectivity index (χ2n) is 6.21. The predicted octanol–water partition coefficient (Wildman–Crippen LogP) is 0.728. The number of hydrogen-bond acceptors (Lipinski definition) is 5. The van der Waals surface area contributed by atoms with Gasteiger partial charge in [0.15, 0.2) is 6.23 Å². The first kappa shape index (κ1) is 14.1. The highest BCUT2D eigenvalue weighted by Crippen LogP contribution is 2.36. The van der Waals surface area contributed by atoms with Gasteiger partial charge < -0.3 is 18.8 Å². The Hall–Kier alpha value is -0.885. The van der Waals surface area contributed by atoms with Gasteiger partial charge in [0.25, 0.3) is 0 Å². The smallest absolute Gasteiger partial charge is 0.398 e. The van der Waals surface area contributed by atoms with Gasteiger partial charge in [-0.2, -0.15) is 5.10 Å². The first-order chi connectivity index (χ1) is 9.39. The van der Waals surface area contributed by atoms with Crippen LogP contribution in [0.2, 0.25) is 0 Å². The van der Waals surface area contributed by atoms with E-state index in [1.807, 2.05) is 40.0 Å². The molecule has 3 rings (SSSR count). The van der Waals surface area contributed by atoms with Gasteiger partial charge in [-0.25, -0.2) is 4.68 Å². The molecule has 2 aliphatic heterocycles. The maximum atomic E-state index is 5.98. The molecule has 20 heavy (non-hydrogen) atoms. The molecule has 2 saturated heterocycles. The van der Waals surface area contributed by atoms with Crippen LogP contribution in [-0.2, 0) is 18.8 Å². The van der Waals surface area contributed by atoms with Crippen LogP contribution in [0.4, 0.5) is 0 Å². The minimum absolute atomic E-state index is 0.167. The van der Waals surface area contributed by atoms with Gasteiger partial charge in [-0.1, -0.05) is 0 Å². The Morgan fingerprint density at radius 1 is 1.20 bits per heavy atom. The van der Waals surface area contributed by atoms with Gasteiger partial charge >= 0.3 is 7.12 Å². The van der Waals surface area contributed by atoms with Crippen LogP contribution < -0.4 is 5.59 Å². The van der Waals surface area contributed by atoms with Crippen LogP contribution in [0.5, 0.6) is 0 Å². The van der Waals surface area contributed by atoms with E-state index in [1.165, 1.54) is 0 Å². The summed E-state index contributed by atoms with van der Waals surface area (Å²) in [5, 5.41) is 4.51. The molecule has 2 fully saturated rings. The number of hydrogen-bond donors (Lipinski definition) is 0. The van der Waals surface area contributed by atoms with Crippen molar-refractivity contribution in [2.75, 3.05) is 19.8 Å². The lowest BCUT2D eigenvalue weighted by Gasteiger charge is -2.32. The van der Waals surface area contributed by atoms with E-state index >= 15 is 0 Å². The highest BCUT2D eigenvalue weighted by Gasteiger charge is 2.52. The first-order valence-electron chi connectivity index (χ1n) is 6.99. The van der Waals surface area contributed by atoms with E-state index in [0.29, 0.717) is 19.8 Å². The van der Waals surface area contributed by atoms with Gasteiger partial charge in [-0.15, -0.1) is 0 Å². The van der Waals surface area contributed by atoms with E-state index in [-0.39, 0.29) is 17.4 Å². The Balaban J connectivity index is 1.74. The topological polar surface area (TPSA) is 54.7 Å². The average molecular weight is 280 g/mol. The summed E-state index contributed by atoms with van der Waals surface area (Å²) >= 11 is 0. The third kappa shape index (κ3) is 2.39. The minimum Gasteiger partial charge on any atom is -0.398 e. The maximum Gasteiger partial charge on any atom is 0.516 e. The molecule has 6 nitrogen and oxygen atoms in total. The summed E-state index contributed by atoms with van der Waals surface area (Å²) in [4.78, 5) is 0. The van der Waals surface area contributed by atoms with Crippen LogP contribution in [0.3, 0.4) is 0 Å². The van der Waals surface area contributed by atoms with Gasteiger partial charge in [-0.3, -0.25) is 0 Å². The first-order valence-corrected chi connectivity index (χ1v) is 6.99. The van der Waals surface area contributed by atoms with E-state index in [2.05, 4.69) is 5.10 Å². The number of nitrogens with zero attached hydrogens (tertiary/aromatic N) is 2. The standard InChI is InChI=1S/C13H21BN2O4/c1-12(2)13(3,4)20-14(19-12)10-5-6-16(15-10)11-9-17-7-8-18-11/h5-6,11H,7-9H2,1-4H3. The van der Waals surface area contributed by atoms with Crippen molar-refractivity contribution in [2.45, 2.75) is 45.1 Å². The largest absolute Gasteiger partial charge is 0.516 e. The van der Waals surface area contributed by atoms with Crippen LogP contribution in [0.1, 0.15) is 33.9 Å². The number of ether oxygens (including phenoxy) is 2. The molecule has 0 bridgehead atoms. The summed E-state index contributed by atoms with van der Waals surface area (Å²) < 4.78 is 24.7. The molecule has 1 aromatic rings. The van der Waals surface area contributed by atoms with Gasteiger partial charge in [0, 0.05) is 6.20 Å². The third-order valence-corrected chi connectivity index (χ3v) is 4.22. The predicted molar refractivity (Wildman–Crippen MR) is 73.8 cm³/mol. The molecule has 110 valence electrons. The van der Waals surface area contributed by atoms with Crippen LogP contribution in [0, 0.1) is 0 Å². The Kier molecular flexibility index (Phi) is 3.40. The Bertz CT molecular complexity index is 466. The van der Waals surface area contributed by atoms with Gasteiger partial charge in [0.2, 0.25) is 0 Å². The summed E-state index contributed by atoms with van der Waals surface area (Å²) in [6.07, 6.45) is 1.71. The lowest BCUT2D eigenvalue weighted by Crippen LogP contribution is -2.41. The van der Waals surface area contributed by atoms with Gasteiger partial charge in [0.1, 0.15) is 0 Å². The Labute approximate surface area is 119 Å². The van der Waals surface area contributed by atoms with Crippen LogP contribution in [-0.4, -0.2) is 47.9 Å². The normalized spacial score (nSPS) is 28.8. The summed E-state index contributed by atoms with van der Waals surface area (Å²) in [6.45, 7) is 9.87. The monoisotopic (exact) mass is 280 g/mol. The van der Waals surface area contributed by atoms with Crippen molar-refractivity contribution < 1.29 is 18.8 Å². The fourth-order valence-electron chi connectivity index (χ4n) is 2.23. The van der Waals surface area contributed by atoms with Crippen LogP contribution in [0.15, 0.2) is 12.3 Å². The zero-order valence-corrected chi connectivity index (χ0v) is 12.5. The highest BCUT2D eigenvalue weighted by molar-refractivity contribution is 6.61. The molecule has 0 N–H and O–H groups in total. The van der Waals surface area contributed by atoms with Crippen molar-refractivity contribution in [1.82, 2.24) is 9.78 Å². The van der Waals surface area contributed by atoms with Crippen LogP contribution in [0.25, 0.3) is 0 Å². The number of rotatable bonds is 2. The lowest BCUT2D eigenvalue weighted by molar-refractivity contribution is -0.127. The summed E-state index contributed by atoms with van der Waals surface area (Å²) in [5.74, 6) is 0. The molecule has 0 aliphatic carbocycles. The third-order valence-electron chi connectivity index (χ3n) is 4.22. The second kappa shape index (κ2) is 4.84. The van der Waals surface area contributed by atoms with Crippen molar-refractivity contribution in [3.05, 3.63) is 12.3 Å². The number of aromatic nitrogens is 2. The van der Waals surface area contributed by atoms with E-state index in [1.54, 1.807) is 4.68 Å². The highest BCUT2D eigenvalue weighted by atomic mass is 16.7. The zero-order valence-electron chi connectivity index (χ0n) is 12.5. The molecule has 0 aromatic carbocycles. The van der Waals surface area contributed by atoms with E-state index in [4.69, 9.17) is 18.8 Å². The van der Waals surface area contributed by atoms with Gasteiger partial charge in [0.05, 0.1) is 36.6 Å². The summed E-state index contributed by atoms with van der Waals surface area (Å²) in [7, 11) is -0.439. The van der Waals surface area contributed by atoms with Crippen molar-refractivity contribution in [1.29, 1.82) is 0 Å². The van der Waals surface area contributed by atoms with E-state index in [0.717, 1.165) is 5.59 Å². The average Bonchev–Trinajstić information content (AvgIpc) is 2.94. The molecule has 0 spiro atoms. The van der Waals surface area contributed by atoms with Gasteiger partial charge in [-0.05, 0) is 33.8 Å². The Morgan fingerprint density at radius 2 is 1.90 bits per heavy atom. The molecule has 1 aromatic heterocycles. The molecule has 0 saturated carbocycles. The minimum atomic E-state index is -0.439.